The van der Waals surface area contributed by atoms with Gasteiger partial charge in [0.25, 0.3) is 12.4 Å². The average molecular weight is 343 g/mol. The summed E-state index contributed by atoms with van der Waals surface area (Å²) in [4.78, 5) is 22.8. The summed E-state index contributed by atoms with van der Waals surface area (Å²) in [6.45, 7) is 3.50. The van der Waals surface area contributed by atoms with Crippen molar-refractivity contribution in [3.05, 3.63) is 34.9 Å². The van der Waals surface area contributed by atoms with Gasteiger partial charge in [0.1, 0.15) is 0 Å². The molecule has 23 heavy (non-hydrogen) atoms. The van der Waals surface area contributed by atoms with Gasteiger partial charge in [-0.15, -0.1) is 0 Å². The molecule has 0 radical (unpaired) electrons. The van der Waals surface area contributed by atoms with Crippen LogP contribution in [0.5, 0.6) is 0 Å². The molecule has 1 aliphatic rings. The number of carboxylic acid groups (broad SMARTS) is 1. The van der Waals surface area contributed by atoms with E-state index in [4.69, 9.17) is 26.2 Å². The number of carbonyl (C=O) groups is 2. The standard InChI is InChI=1S/C15H21ClN2O2.CH2O2/c1-20-11-10-18-8-6-14(7-9-18)17-15(19)12-2-4-13(16)5-3-12;2-1-3/h2-5,14H,6-11H2,1H3,(H,17,19);1H,(H,2,3). The summed E-state index contributed by atoms with van der Waals surface area (Å²) in [7, 11) is 1.72. The smallest absolute Gasteiger partial charge is 0.290 e. The number of ether oxygens (including phenoxy) is 1. The van der Waals surface area contributed by atoms with Crippen LogP contribution in [-0.2, 0) is 9.53 Å². The number of amides is 1. The zero-order valence-electron chi connectivity index (χ0n) is 13.2. The Labute approximate surface area is 141 Å². The zero-order valence-corrected chi connectivity index (χ0v) is 14.0. The quantitative estimate of drug-likeness (QED) is 0.799. The van der Waals surface area contributed by atoms with Gasteiger partial charge in [0.05, 0.1) is 6.61 Å². The van der Waals surface area contributed by atoms with Gasteiger partial charge in [-0.25, -0.2) is 0 Å². The third-order valence-electron chi connectivity index (χ3n) is 3.64. The minimum atomic E-state index is -0.250. The Morgan fingerprint density at radius 2 is 1.96 bits per heavy atom. The number of carbonyl (C=O) groups excluding carboxylic acids is 1. The van der Waals surface area contributed by atoms with E-state index in [1.54, 1.807) is 31.4 Å². The van der Waals surface area contributed by atoms with Gasteiger partial charge in [-0.3, -0.25) is 9.59 Å². The fraction of sp³-hybridized carbons (Fsp3) is 0.500. The van der Waals surface area contributed by atoms with E-state index >= 15 is 0 Å². The predicted molar refractivity (Wildman–Crippen MR) is 88.9 cm³/mol. The Bertz CT molecular complexity index is 473. The van der Waals surface area contributed by atoms with E-state index in [9.17, 15) is 4.79 Å². The minimum absolute atomic E-state index is 0.0167. The summed E-state index contributed by atoms with van der Waals surface area (Å²) in [5.74, 6) is -0.0167. The number of hydrogen-bond acceptors (Lipinski definition) is 4. The Kier molecular flexibility index (Phi) is 9.28. The van der Waals surface area contributed by atoms with Crippen molar-refractivity contribution < 1.29 is 19.4 Å². The van der Waals surface area contributed by atoms with E-state index in [0.717, 1.165) is 39.1 Å². The molecule has 1 saturated heterocycles. The number of halogens is 1. The van der Waals surface area contributed by atoms with E-state index in [0.29, 0.717) is 10.6 Å². The van der Waals surface area contributed by atoms with Crippen LogP contribution >= 0.6 is 11.6 Å². The van der Waals surface area contributed by atoms with Crippen molar-refractivity contribution in [1.82, 2.24) is 10.2 Å². The lowest BCUT2D eigenvalue weighted by molar-refractivity contribution is -0.122. The van der Waals surface area contributed by atoms with Crippen molar-refractivity contribution in [3.63, 3.8) is 0 Å². The molecule has 0 spiro atoms. The minimum Gasteiger partial charge on any atom is -0.483 e. The number of rotatable bonds is 5. The average Bonchev–Trinajstić information content (AvgIpc) is 2.55. The number of hydrogen-bond donors (Lipinski definition) is 2. The summed E-state index contributed by atoms with van der Waals surface area (Å²) < 4.78 is 5.08. The van der Waals surface area contributed by atoms with Gasteiger partial charge < -0.3 is 20.1 Å². The van der Waals surface area contributed by atoms with Crippen LogP contribution < -0.4 is 5.32 Å². The number of likely N-dealkylation sites (tertiary alicyclic amines) is 1. The van der Waals surface area contributed by atoms with Crippen molar-refractivity contribution in [2.45, 2.75) is 18.9 Å². The highest BCUT2D eigenvalue weighted by atomic mass is 35.5. The highest BCUT2D eigenvalue weighted by Gasteiger charge is 2.20. The van der Waals surface area contributed by atoms with Gasteiger partial charge in [-0.2, -0.15) is 0 Å². The highest BCUT2D eigenvalue weighted by Crippen LogP contribution is 2.13. The Morgan fingerprint density at radius 1 is 1.39 bits per heavy atom. The van der Waals surface area contributed by atoms with Gasteiger partial charge in [-0.05, 0) is 37.1 Å². The second-order valence-corrected chi connectivity index (χ2v) is 5.63. The molecule has 0 unspecified atom stereocenters. The maximum absolute atomic E-state index is 12.1. The van der Waals surface area contributed by atoms with Gasteiger partial charge in [0, 0.05) is 43.4 Å². The lowest BCUT2D eigenvalue weighted by Gasteiger charge is -2.32. The summed E-state index contributed by atoms with van der Waals surface area (Å²) in [5.41, 5.74) is 0.663. The maximum Gasteiger partial charge on any atom is 0.290 e. The molecule has 6 nitrogen and oxygen atoms in total. The third kappa shape index (κ3) is 7.45. The van der Waals surface area contributed by atoms with Crippen LogP contribution in [0, 0.1) is 0 Å². The number of nitrogens with one attached hydrogen (secondary N) is 1. The molecule has 1 amide bonds. The van der Waals surface area contributed by atoms with Crippen LogP contribution in [-0.4, -0.2) is 61.8 Å². The lowest BCUT2D eigenvalue weighted by Crippen LogP contribution is -2.45. The predicted octanol–water partition coefficient (Wildman–Crippen LogP) is 1.88. The van der Waals surface area contributed by atoms with E-state index in [1.165, 1.54) is 0 Å². The monoisotopic (exact) mass is 342 g/mol. The third-order valence-corrected chi connectivity index (χ3v) is 3.89. The normalized spacial score (nSPS) is 15.4. The molecule has 0 saturated carbocycles. The Hall–Kier alpha value is -1.63. The van der Waals surface area contributed by atoms with E-state index < -0.39 is 0 Å². The fourth-order valence-electron chi connectivity index (χ4n) is 2.39. The topological polar surface area (TPSA) is 78.9 Å². The zero-order chi connectivity index (χ0) is 17.1. The second kappa shape index (κ2) is 11.0. The molecule has 0 aliphatic carbocycles. The molecule has 2 rings (SSSR count). The maximum atomic E-state index is 12.1. The molecule has 1 heterocycles. The molecule has 0 atom stereocenters. The van der Waals surface area contributed by atoms with Crippen molar-refractivity contribution in [1.29, 1.82) is 0 Å². The van der Waals surface area contributed by atoms with E-state index in [-0.39, 0.29) is 18.4 Å². The molecule has 1 aromatic carbocycles. The van der Waals surface area contributed by atoms with Crippen LogP contribution in [0.2, 0.25) is 5.02 Å². The van der Waals surface area contributed by atoms with Crippen molar-refractivity contribution >= 4 is 24.0 Å². The van der Waals surface area contributed by atoms with Crippen LogP contribution in [0.15, 0.2) is 24.3 Å². The van der Waals surface area contributed by atoms with Crippen molar-refractivity contribution in [2.24, 2.45) is 0 Å². The summed E-state index contributed by atoms with van der Waals surface area (Å²) in [5, 5.41) is 10.6. The van der Waals surface area contributed by atoms with Gasteiger partial charge in [0.15, 0.2) is 0 Å². The molecule has 7 heteroatoms. The van der Waals surface area contributed by atoms with Crippen LogP contribution in [0.25, 0.3) is 0 Å². The van der Waals surface area contributed by atoms with Gasteiger partial charge in [0.2, 0.25) is 0 Å². The van der Waals surface area contributed by atoms with Crippen molar-refractivity contribution in [2.75, 3.05) is 33.4 Å². The Morgan fingerprint density at radius 3 is 2.48 bits per heavy atom. The van der Waals surface area contributed by atoms with E-state index in [1.807, 2.05) is 0 Å². The largest absolute Gasteiger partial charge is 0.483 e. The molecule has 1 aromatic rings. The first-order chi connectivity index (χ1) is 11.1. The Balaban J connectivity index is 0.000000816. The summed E-state index contributed by atoms with van der Waals surface area (Å²) >= 11 is 5.82. The number of methoxy groups -OCH3 is 1. The van der Waals surface area contributed by atoms with Crippen LogP contribution in [0.3, 0.4) is 0 Å². The second-order valence-electron chi connectivity index (χ2n) is 5.19. The van der Waals surface area contributed by atoms with Gasteiger partial charge in [-0.1, -0.05) is 11.6 Å². The molecule has 0 bridgehead atoms. The first-order valence-corrected chi connectivity index (χ1v) is 7.84. The number of benzene rings is 1. The number of piperidine rings is 1. The first-order valence-electron chi connectivity index (χ1n) is 7.46. The molecule has 1 fully saturated rings. The first kappa shape index (κ1) is 19.4. The van der Waals surface area contributed by atoms with Crippen LogP contribution in [0.4, 0.5) is 0 Å². The summed E-state index contributed by atoms with van der Waals surface area (Å²) in [6, 6.07) is 7.25. The van der Waals surface area contributed by atoms with Crippen LogP contribution in [0.1, 0.15) is 23.2 Å². The SMILES string of the molecule is COCCN1CCC(NC(=O)c2ccc(Cl)cc2)CC1.O=CO. The highest BCUT2D eigenvalue weighted by molar-refractivity contribution is 6.30. The molecular weight excluding hydrogens is 320 g/mol. The summed E-state index contributed by atoms with van der Waals surface area (Å²) in [6.07, 6.45) is 1.98. The fourth-order valence-corrected chi connectivity index (χ4v) is 2.52. The van der Waals surface area contributed by atoms with Gasteiger partial charge >= 0.3 is 0 Å². The van der Waals surface area contributed by atoms with Crippen molar-refractivity contribution in [3.8, 4) is 0 Å². The molecule has 2 N–H and O–H groups in total. The van der Waals surface area contributed by atoms with E-state index in [2.05, 4.69) is 10.2 Å². The molecular formula is C16H23ClN2O4. The molecule has 0 aromatic heterocycles. The number of nitrogens with zero attached hydrogens (tertiary/aromatic N) is 1. The lowest BCUT2D eigenvalue weighted by atomic mass is 10.0. The molecule has 1 aliphatic heterocycles. The molecule has 128 valence electrons.